The monoisotopic (exact) mass is 185 g/mol. The van der Waals surface area contributed by atoms with Gasteiger partial charge in [0.15, 0.2) is 0 Å². The van der Waals surface area contributed by atoms with Gasteiger partial charge in [0.25, 0.3) is 0 Å². The number of halogens is 1. The highest BCUT2D eigenvalue weighted by atomic mass is 35.5. The Morgan fingerprint density at radius 1 is 1.67 bits per heavy atom. The second-order valence-electron chi connectivity index (χ2n) is 3.18. The second kappa shape index (κ2) is 3.07. The Balaban J connectivity index is 2.21. The smallest absolute Gasteiger partial charge is 0.130 e. The third kappa shape index (κ3) is 1.34. The lowest BCUT2D eigenvalue weighted by atomic mass is 10.3. The topological polar surface area (TPSA) is 43.8 Å². The molecule has 0 atom stereocenters. The van der Waals surface area contributed by atoms with Gasteiger partial charge in [-0.3, -0.25) is 4.68 Å². The van der Waals surface area contributed by atoms with Crippen molar-refractivity contribution in [1.82, 2.24) is 9.78 Å². The molecular formula is C8H12ClN3. The minimum absolute atomic E-state index is 0.559. The Kier molecular flexibility index (Phi) is 2.07. The van der Waals surface area contributed by atoms with Gasteiger partial charge in [-0.25, -0.2) is 0 Å². The fourth-order valence-electron chi connectivity index (χ4n) is 1.28. The molecule has 12 heavy (non-hydrogen) atoms. The maximum Gasteiger partial charge on any atom is 0.130 e. The quantitative estimate of drug-likeness (QED) is 0.773. The zero-order valence-electron chi connectivity index (χ0n) is 6.83. The van der Waals surface area contributed by atoms with Crippen molar-refractivity contribution in [3.05, 3.63) is 16.9 Å². The van der Waals surface area contributed by atoms with E-state index in [0.29, 0.717) is 12.6 Å². The van der Waals surface area contributed by atoms with Crippen LogP contribution in [0.4, 0.5) is 0 Å². The first-order chi connectivity index (χ1) is 5.83. The van der Waals surface area contributed by atoms with Gasteiger partial charge in [-0.05, 0) is 25.8 Å². The van der Waals surface area contributed by atoms with Gasteiger partial charge in [0.2, 0.25) is 0 Å². The van der Waals surface area contributed by atoms with E-state index in [1.54, 1.807) is 0 Å². The Morgan fingerprint density at radius 2 is 2.42 bits per heavy atom. The third-order valence-corrected chi connectivity index (χ3v) is 2.53. The zero-order chi connectivity index (χ0) is 8.55. The maximum atomic E-state index is 6.08. The minimum Gasteiger partial charge on any atom is -0.330 e. The van der Waals surface area contributed by atoms with Gasteiger partial charge in [-0.15, -0.1) is 0 Å². The van der Waals surface area contributed by atoms with Crippen LogP contribution in [0.25, 0.3) is 0 Å². The van der Waals surface area contributed by atoms with E-state index in [1.807, 2.05) is 10.9 Å². The molecule has 0 radical (unpaired) electrons. The number of nitrogens with two attached hydrogens (primary N) is 1. The van der Waals surface area contributed by atoms with Gasteiger partial charge in [0.05, 0.1) is 12.2 Å². The van der Waals surface area contributed by atoms with Crippen LogP contribution in [0.3, 0.4) is 0 Å². The summed E-state index contributed by atoms with van der Waals surface area (Å²) in [5.74, 6) is 0. The molecular weight excluding hydrogens is 174 g/mol. The van der Waals surface area contributed by atoms with Crippen LogP contribution in [0.1, 0.15) is 24.4 Å². The predicted octanol–water partition coefficient (Wildman–Crippen LogP) is 1.37. The minimum atomic E-state index is 0.559. The van der Waals surface area contributed by atoms with Gasteiger partial charge in [-0.1, -0.05) is 11.6 Å². The van der Waals surface area contributed by atoms with Crippen LogP contribution in [0.2, 0.25) is 5.15 Å². The number of hydrogen-bond acceptors (Lipinski definition) is 2. The van der Waals surface area contributed by atoms with Crippen molar-refractivity contribution < 1.29 is 0 Å². The van der Waals surface area contributed by atoms with Gasteiger partial charge < -0.3 is 5.73 Å². The lowest BCUT2D eigenvalue weighted by Crippen LogP contribution is -2.03. The van der Waals surface area contributed by atoms with Crippen LogP contribution in [0, 0.1) is 0 Å². The Hall–Kier alpha value is -0.540. The van der Waals surface area contributed by atoms with Crippen molar-refractivity contribution in [2.45, 2.75) is 25.3 Å². The molecule has 1 aromatic rings. The van der Waals surface area contributed by atoms with E-state index in [2.05, 4.69) is 5.10 Å². The summed E-state index contributed by atoms with van der Waals surface area (Å²) in [4.78, 5) is 0. The molecule has 1 aromatic heterocycles. The number of nitrogens with zero attached hydrogens (tertiary/aromatic N) is 2. The summed E-state index contributed by atoms with van der Waals surface area (Å²) >= 11 is 6.08. The van der Waals surface area contributed by atoms with Gasteiger partial charge in [0, 0.05) is 5.56 Å². The molecule has 1 saturated carbocycles. The number of rotatable bonds is 3. The molecule has 1 fully saturated rings. The molecule has 1 heterocycles. The van der Waals surface area contributed by atoms with Crippen molar-refractivity contribution in [2.24, 2.45) is 5.73 Å². The highest BCUT2D eigenvalue weighted by Crippen LogP contribution is 2.37. The molecule has 0 unspecified atom stereocenters. The summed E-state index contributed by atoms with van der Waals surface area (Å²) in [6, 6.07) is 0.559. The van der Waals surface area contributed by atoms with E-state index in [9.17, 15) is 0 Å². The van der Waals surface area contributed by atoms with Crippen LogP contribution < -0.4 is 5.73 Å². The van der Waals surface area contributed by atoms with E-state index in [4.69, 9.17) is 17.3 Å². The first-order valence-corrected chi connectivity index (χ1v) is 4.62. The van der Waals surface area contributed by atoms with Crippen molar-refractivity contribution in [3.63, 3.8) is 0 Å². The summed E-state index contributed by atoms with van der Waals surface area (Å²) in [6.45, 7) is 0.635. The fraction of sp³-hybridized carbons (Fsp3) is 0.625. The van der Waals surface area contributed by atoms with E-state index in [1.165, 1.54) is 12.8 Å². The van der Waals surface area contributed by atoms with Gasteiger partial charge >= 0.3 is 0 Å². The summed E-state index contributed by atoms with van der Waals surface area (Å²) in [5, 5.41) is 5.01. The van der Waals surface area contributed by atoms with Gasteiger partial charge in [0.1, 0.15) is 5.15 Å². The van der Waals surface area contributed by atoms with Crippen molar-refractivity contribution in [3.8, 4) is 0 Å². The summed E-state index contributed by atoms with van der Waals surface area (Å²) in [7, 11) is 0. The molecule has 2 N–H and O–H groups in total. The predicted molar refractivity (Wildman–Crippen MR) is 48.3 cm³/mol. The van der Waals surface area contributed by atoms with Crippen LogP contribution in [-0.4, -0.2) is 16.3 Å². The SMILES string of the molecule is NCCc1cnn(C2CC2)c1Cl. The molecule has 0 saturated heterocycles. The largest absolute Gasteiger partial charge is 0.330 e. The average Bonchev–Trinajstić information content (AvgIpc) is 2.82. The van der Waals surface area contributed by atoms with Crippen LogP contribution in [0.15, 0.2) is 6.20 Å². The first-order valence-electron chi connectivity index (χ1n) is 4.25. The Morgan fingerprint density at radius 3 is 3.00 bits per heavy atom. The van der Waals surface area contributed by atoms with E-state index >= 15 is 0 Å². The molecule has 3 nitrogen and oxygen atoms in total. The van der Waals surface area contributed by atoms with Crippen molar-refractivity contribution in [1.29, 1.82) is 0 Å². The number of aromatic nitrogens is 2. The number of hydrogen-bond donors (Lipinski definition) is 1. The van der Waals surface area contributed by atoms with E-state index in [-0.39, 0.29) is 0 Å². The van der Waals surface area contributed by atoms with Crippen molar-refractivity contribution >= 4 is 11.6 Å². The summed E-state index contributed by atoms with van der Waals surface area (Å²) in [6.07, 6.45) is 5.08. The third-order valence-electron chi connectivity index (χ3n) is 2.11. The highest BCUT2D eigenvalue weighted by molar-refractivity contribution is 6.30. The molecule has 0 aromatic carbocycles. The molecule has 0 amide bonds. The molecule has 2 rings (SSSR count). The molecule has 0 aliphatic heterocycles. The molecule has 4 heteroatoms. The Bertz CT molecular complexity index is 278. The van der Waals surface area contributed by atoms with Crippen LogP contribution in [-0.2, 0) is 6.42 Å². The molecule has 66 valence electrons. The molecule has 0 spiro atoms. The van der Waals surface area contributed by atoms with Crippen molar-refractivity contribution in [2.75, 3.05) is 6.54 Å². The second-order valence-corrected chi connectivity index (χ2v) is 3.53. The normalized spacial score (nSPS) is 16.8. The summed E-state index contributed by atoms with van der Waals surface area (Å²) < 4.78 is 1.91. The Labute approximate surface area is 76.5 Å². The van der Waals surface area contributed by atoms with E-state index in [0.717, 1.165) is 17.1 Å². The molecule has 1 aliphatic rings. The summed E-state index contributed by atoms with van der Waals surface area (Å²) in [5.41, 5.74) is 6.51. The molecule has 0 bridgehead atoms. The maximum absolute atomic E-state index is 6.08. The standard InChI is InChI=1S/C8H12ClN3/c9-8-6(3-4-10)5-11-12(8)7-1-2-7/h5,7H,1-4,10H2. The lowest BCUT2D eigenvalue weighted by molar-refractivity contribution is 0.642. The average molecular weight is 186 g/mol. The van der Waals surface area contributed by atoms with Crippen LogP contribution >= 0.6 is 11.6 Å². The van der Waals surface area contributed by atoms with Crippen LogP contribution in [0.5, 0.6) is 0 Å². The van der Waals surface area contributed by atoms with E-state index < -0.39 is 0 Å². The zero-order valence-corrected chi connectivity index (χ0v) is 7.59. The first kappa shape index (κ1) is 8.08. The fourth-order valence-corrected chi connectivity index (χ4v) is 1.60. The molecule has 1 aliphatic carbocycles. The lowest BCUT2D eigenvalue weighted by Gasteiger charge is -1.99. The highest BCUT2D eigenvalue weighted by Gasteiger charge is 2.26. The van der Waals surface area contributed by atoms with Gasteiger partial charge in [-0.2, -0.15) is 5.10 Å².